The number of benzene rings is 2. The lowest BCUT2D eigenvalue weighted by Gasteiger charge is -2.42. The second kappa shape index (κ2) is 8.71. The van der Waals surface area contributed by atoms with Crippen LogP contribution in [0.15, 0.2) is 60.7 Å². The van der Waals surface area contributed by atoms with E-state index in [2.05, 4.69) is 35.2 Å². The molecule has 0 radical (unpaired) electrons. The number of carbonyl (C=O) groups is 1. The first kappa shape index (κ1) is 18.2. The number of esters is 1. The van der Waals surface area contributed by atoms with E-state index in [1.165, 1.54) is 24.8 Å². The highest BCUT2D eigenvalue weighted by atomic mass is 16.5. The summed E-state index contributed by atoms with van der Waals surface area (Å²) in [7, 11) is 0. The Labute approximate surface area is 162 Å². The van der Waals surface area contributed by atoms with Crippen molar-refractivity contribution in [2.75, 3.05) is 13.1 Å². The maximum atomic E-state index is 12.5. The first-order valence-corrected chi connectivity index (χ1v) is 10.4. The monoisotopic (exact) mass is 363 g/mol. The van der Waals surface area contributed by atoms with Gasteiger partial charge in [0, 0.05) is 6.04 Å². The zero-order valence-corrected chi connectivity index (χ0v) is 15.9. The van der Waals surface area contributed by atoms with Crippen LogP contribution in [0.3, 0.4) is 0 Å². The molecule has 142 valence electrons. The average molecular weight is 364 g/mol. The molecule has 3 heteroatoms. The molecule has 1 aliphatic carbocycles. The maximum absolute atomic E-state index is 12.5. The normalized spacial score (nSPS) is 24.4. The van der Waals surface area contributed by atoms with Crippen LogP contribution in [0.2, 0.25) is 0 Å². The van der Waals surface area contributed by atoms with Crippen LogP contribution in [0.5, 0.6) is 0 Å². The smallest absolute Gasteiger partial charge is 0.338 e. The van der Waals surface area contributed by atoms with Crippen LogP contribution in [-0.2, 0) is 4.74 Å². The first-order valence-electron chi connectivity index (χ1n) is 10.4. The minimum absolute atomic E-state index is 0.0275. The fourth-order valence-corrected chi connectivity index (χ4v) is 4.70. The number of rotatable bonds is 4. The van der Waals surface area contributed by atoms with Crippen molar-refractivity contribution >= 4 is 5.97 Å². The largest absolute Gasteiger partial charge is 0.457 e. The van der Waals surface area contributed by atoms with Gasteiger partial charge in [0.15, 0.2) is 0 Å². The van der Waals surface area contributed by atoms with E-state index in [0.717, 1.165) is 32.4 Å². The molecular weight excluding hydrogens is 334 g/mol. The number of nitrogens with zero attached hydrogens (tertiary/aromatic N) is 1. The summed E-state index contributed by atoms with van der Waals surface area (Å²) in [5.74, 6) is 0.489. The molecule has 2 aliphatic rings. The summed E-state index contributed by atoms with van der Waals surface area (Å²) in [6, 6.07) is 20.6. The second-order valence-electron chi connectivity index (χ2n) is 7.88. The minimum Gasteiger partial charge on any atom is -0.457 e. The predicted octanol–water partition coefficient (Wildman–Crippen LogP) is 5.03. The van der Waals surface area contributed by atoms with E-state index in [9.17, 15) is 4.79 Å². The highest BCUT2D eigenvalue weighted by molar-refractivity contribution is 5.89. The lowest BCUT2D eigenvalue weighted by molar-refractivity contribution is -0.0230. The molecule has 0 aromatic heterocycles. The standard InChI is InChI=1S/C24H29NO2/c26-24(21-11-5-2-6-12-21)27-23-14-8-7-13-22(23)25-17-15-20(16-18-25)19-9-3-1-4-10-19/h1-6,9-12,20,22-23H,7-8,13-18H2/t22-,23-/m1/s1. The number of hydrogen-bond acceptors (Lipinski definition) is 3. The third-order valence-corrected chi connectivity index (χ3v) is 6.21. The second-order valence-corrected chi connectivity index (χ2v) is 7.88. The van der Waals surface area contributed by atoms with Gasteiger partial charge in [-0.05, 0) is 68.8 Å². The van der Waals surface area contributed by atoms with Gasteiger partial charge >= 0.3 is 5.97 Å². The van der Waals surface area contributed by atoms with Gasteiger partial charge in [-0.1, -0.05) is 55.0 Å². The van der Waals surface area contributed by atoms with Crippen LogP contribution in [0, 0.1) is 0 Å². The number of carbonyl (C=O) groups excluding carboxylic acids is 1. The van der Waals surface area contributed by atoms with Crippen LogP contribution in [0.4, 0.5) is 0 Å². The summed E-state index contributed by atoms with van der Waals surface area (Å²) >= 11 is 0. The van der Waals surface area contributed by atoms with E-state index in [-0.39, 0.29) is 12.1 Å². The molecular formula is C24H29NO2. The van der Waals surface area contributed by atoms with E-state index in [1.807, 2.05) is 30.3 Å². The maximum Gasteiger partial charge on any atom is 0.338 e. The van der Waals surface area contributed by atoms with Gasteiger partial charge in [-0.25, -0.2) is 4.79 Å². The molecule has 1 saturated heterocycles. The Morgan fingerprint density at radius 1 is 0.815 bits per heavy atom. The Hall–Kier alpha value is -2.13. The summed E-state index contributed by atoms with van der Waals surface area (Å²) in [6.07, 6.45) is 6.94. The fraction of sp³-hybridized carbons (Fsp3) is 0.458. The lowest BCUT2D eigenvalue weighted by atomic mass is 9.85. The van der Waals surface area contributed by atoms with Gasteiger partial charge in [-0.3, -0.25) is 4.90 Å². The summed E-state index contributed by atoms with van der Waals surface area (Å²) in [5, 5.41) is 0. The molecule has 0 unspecified atom stereocenters. The van der Waals surface area contributed by atoms with E-state index in [0.29, 0.717) is 17.5 Å². The Balaban J connectivity index is 1.37. The molecule has 1 saturated carbocycles. The van der Waals surface area contributed by atoms with Gasteiger partial charge in [0.25, 0.3) is 0 Å². The van der Waals surface area contributed by atoms with Crippen molar-refractivity contribution < 1.29 is 9.53 Å². The van der Waals surface area contributed by atoms with Crippen molar-refractivity contribution in [2.24, 2.45) is 0 Å². The van der Waals surface area contributed by atoms with Gasteiger partial charge in [-0.15, -0.1) is 0 Å². The summed E-state index contributed by atoms with van der Waals surface area (Å²) < 4.78 is 5.97. The average Bonchev–Trinajstić information content (AvgIpc) is 2.75. The van der Waals surface area contributed by atoms with Crippen molar-refractivity contribution in [3.8, 4) is 0 Å². The van der Waals surface area contributed by atoms with E-state index < -0.39 is 0 Å². The molecule has 0 amide bonds. The number of hydrogen-bond donors (Lipinski definition) is 0. The molecule has 1 aliphatic heterocycles. The van der Waals surface area contributed by atoms with Gasteiger partial charge < -0.3 is 4.74 Å². The summed E-state index contributed by atoms with van der Waals surface area (Å²) in [4.78, 5) is 15.1. The molecule has 2 aromatic rings. The highest BCUT2D eigenvalue weighted by Gasteiger charge is 2.35. The van der Waals surface area contributed by atoms with Crippen molar-refractivity contribution in [3.05, 3.63) is 71.8 Å². The van der Waals surface area contributed by atoms with Gasteiger partial charge in [0.1, 0.15) is 6.10 Å². The zero-order chi connectivity index (χ0) is 18.5. The van der Waals surface area contributed by atoms with Gasteiger partial charge in [0.05, 0.1) is 5.56 Å². The molecule has 27 heavy (non-hydrogen) atoms. The topological polar surface area (TPSA) is 29.5 Å². The zero-order valence-electron chi connectivity index (χ0n) is 15.9. The molecule has 2 aromatic carbocycles. The van der Waals surface area contributed by atoms with Gasteiger partial charge in [-0.2, -0.15) is 0 Å². The van der Waals surface area contributed by atoms with Crippen molar-refractivity contribution in [3.63, 3.8) is 0 Å². The summed E-state index contributed by atoms with van der Waals surface area (Å²) in [5.41, 5.74) is 2.12. The quantitative estimate of drug-likeness (QED) is 0.713. The van der Waals surface area contributed by atoms with E-state index in [1.54, 1.807) is 0 Å². The number of likely N-dealkylation sites (tertiary alicyclic amines) is 1. The predicted molar refractivity (Wildman–Crippen MR) is 108 cm³/mol. The van der Waals surface area contributed by atoms with Crippen LogP contribution < -0.4 is 0 Å². The Morgan fingerprint density at radius 3 is 2.15 bits per heavy atom. The Morgan fingerprint density at radius 2 is 1.44 bits per heavy atom. The third kappa shape index (κ3) is 4.41. The molecule has 2 atom stereocenters. The third-order valence-electron chi connectivity index (χ3n) is 6.21. The highest BCUT2D eigenvalue weighted by Crippen LogP contribution is 2.33. The van der Waals surface area contributed by atoms with E-state index in [4.69, 9.17) is 4.74 Å². The number of piperidine rings is 1. The molecule has 3 nitrogen and oxygen atoms in total. The van der Waals surface area contributed by atoms with Crippen LogP contribution in [-0.4, -0.2) is 36.1 Å². The van der Waals surface area contributed by atoms with Crippen LogP contribution in [0.25, 0.3) is 0 Å². The Bertz CT molecular complexity index is 723. The molecule has 2 fully saturated rings. The Kier molecular flexibility index (Phi) is 5.88. The molecule has 4 rings (SSSR count). The minimum atomic E-state index is -0.174. The molecule has 0 N–H and O–H groups in total. The van der Waals surface area contributed by atoms with E-state index >= 15 is 0 Å². The van der Waals surface area contributed by atoms with Crippen molar-refractivity contribution in [2.45, 2.75) is 56.6 Å². The van der Waals surface area contributed by atoms with Crippen molar-refractivity contribution in [1.82, 2.24) is 4.90 Å². The molecule has 1 heterocycles. The van der Waals surface area contributed by atoms with Gasteiger partial charge in [0.2, 0.25) is 0 Å². The summed E-state index contributed by atoms with van der Waals surface area (Å²) in [6.45, 7) is 2.20. The van der Waals surface area contributed by atoms with Crippen LogP contribution in [0.1, 0.15) is 60.4 Å². The molecule has 0 bridgehead atoms. The van der Waals surface area contributed by atoms with Crippen LogP contribution >= 0.6 is 0 Å². The first-order chi connectivity index (χ1) is 13.3. The van der Waals surface area contributed by atoms with Crippen molar-refractivity contribution in [1.29, 1.82) is 0 Å². The SMILES string of the molecule is O=C(O[C@@H]1CCCC[C@H]1N1CCC(c2ccccc2)CC1)c1ccccc1. The lowest BCUT2D eigenvalue weighted by Crippen LogP contribution is -2.50. The number of ether oxygens (including phenoxy) is 1. The molecule has 0 spiro atoms. The fourth-order valence-electron chi connectivity index (χ4n) is 4.70.